The van der Waals surface area contributed by atoms with E-state index in [0.717, 1.165) is 20.8 Å². The topological polar surface area (TPSA) is 68.1 Å². The summed E-state index contributed by atoms with van der Waals surface area (Å²) in [6, 6.07) is 9.55. The van der Waals surface area contributed by atoms with Gasteiger partial charge in [0, 0.05) is 37.4 Å². The molecule has 0 radical (unpaired) electrons. The fourth-order valence-corrected chi connectivity index (χ4v) is 3.28. The smallest absolute Gasteiger partial charge is 0.256 e. The molecule has 0 bridgehead atoms. The van der Waals surface area contributed by atoms with E-state index in [1.54, 1.807) is 19.3 Å². The van der Waals surface area contributed by atoms with Crippen molar-refractivity contribution in [1.82, 2.24) is 18.2 Å². The Balaban J connectivity index is 2.22. The molecule has 2 heterocycles. The summed E-state index contributed by atoms with van der Waals surface area (Å²) in [5, 5.41) is 0.942. The monoisotopic (exact) mass is 316 g/mol. The molecule has 0 unspecified atom stereocenters. The molecule has 0 saturated carbocycles. The van der Waals surface area contributed by atoms with E-state index in [0.29, 0.717) is 11.5 Å². The maximum atomic E-state index is 12.3. The van der Waals surface area contributed by atoms with Gasteiger partial charge in [0.05, 0.1) is 11.2 Å². The van der Waals surface area contributed by atoms with Crippen LogP contribution in [0.15, 0.2) is 42.7 Å². The molecular weight excluding hydrogens is 300 g/mol. The third-order valence-corrected chi connectivity index (χ3v) is 5.27. The van der Waals surface area contributed by atoms with Gasteiger partial charge in [-0.15, -0.1) is 0 Å². The number of benzene rings is 1. The lowest BCUT2D eigenvalue weighted by Crippen LogP contribution is -2.29. The average Bonchev–Trinajstić information content (AvgIpc) is 2.89. The summed E-state index contributed by atoms with van der Waals surface area (Å²) in [6.45, 7) is 1.67. The number of aryl methyl sites for hydroxylation is 1. The summed E-state index contributed by atoms with van der Waals surface area (Å²) < 4.78 is 26.9. The molecule has 0 aliphatic rings. The summed E-state index contributed by atoms with van der Waals surface area (Å²) in [5.41, 5.74) is 2.32. The van der Waals surface area contributed by atoms with Crippen LogP contribution in [0.2, 0.25) is 0 Å². The Morgan fingerprint density at radius 3 is 2.59 bits per heavy atom. The van der Waals surface area contributed by atoms with Gasteiger partial charge in [0.25, 0.3) is 0 Å². The van der Waals surface area contributed by atoms with Crippen LogP contribution in [0, 0.1) is 6.92 Å². The number of fused-ring (bicyclic) bond motifs is 1. The van der Waals surface area contributed by atoms with Crippen molar-refractivity contribution in [3.05, 3.63) is 48.5 Å². The molecule has 22 heavy (non-hydrogen) atoms. The predicted molar refractivity (Wildman–Crippen MR) is 85.7 cm³/mol. The van der Waals surface area contributed by atoms with E-state index in [4.69, 9.17) is 0 Å². The second-order valence-corrected chi connectivity index (χ2v) is 7.15. The van der Waals surface area contributed by atoms with Gasteiger partial charge in [0.15, 0.2) is 0 Å². The third kappa shape index (κ3) is 2.28. The molecule has 1 aromatic carbocycles. The summed E-state index contributed by atoms with van der Waals surface area (Å²) >= 11 is 0. The number of aromatic nitrogens is 3. The van der Waals surface area contributed by atoms with E-state index in [2.05, 4.69) is 9.97 Å². The summed E-state index contributed by atoms with van der Waals surface area (Å²) in [5.74, 6) is 0.421. The van der Waals surface area contributed by atoms with Crippen molar-refractivity contribution in [3.63, 3.8) is 0 Å². The van der Waals surface area contributed by atoms with Crippen molar-refractivity contribution in [1.29, 1.82) is 0 Å². The van der Waals surface area contributed by atoms with Crippen LogP contribution < -0.4 is 0 Å². The van der Waals surface area contributed by atoms with E-state index in [1.165, 1.54) is 18.1 Å². The molecule has 114 valence electrons. The lowest BCUT2D eigenvalue weighted by atomic mass is 10.1. The Labute approximate surface area is 129 Å². The van der Waals surface area contributed by atoms with Gasteiger partial charge in [0.1, 0.15) is 5.82 Å². The molecule has 7 heteroatoms. The zero-order valence-corrected chi connectivity index (χ0v) is 13.4. The minimum atomic E-state index is -3.58. The van der Waals surface area contributed by atoms with Crippen molar-refractivity contribution in [2.45, 2.75) is 6.92 Å². The second kappa shape index (κ2) is 5.19. The van der Waals surface area contributed by atoms with Gasteiger partial charge in [-0.3, -0.25) is 4.98 Å². The molecule has 0 N–H and O–H groups in total. The van der Waals surface area contributed by atoms with Crippen LogP contribution >= 0.6 is 0 Å². The average molecular weight is 316 g/mol. The van der Waals surface area contributed by atoms with Crippen molar-refractivity contribution in [2.24, 2.45) is 0 Å². The normalized spacial score (nSPS) is 12.2. The van der Waals surface area contributed by atoms with Crippen LogP contribution in [0.3, 0.4) is 0 Å². The van der Waals surface area contributed by atoms with E-state index < -0.39 is 10.2 Å². The molecule has 0 saturated heterocycles. The quantitative estimate of drug-likeness (QED) is 0.742. The fraction of sp³-hybridized carbons (Fsp3) is 0.200. The molecule has 0 fully saturated rings. The molecule has 0 atom stereocenters. The van der Waals surface area contributed by atoms with Crippen LogP contribution in [0.25, 0.3) is 22.2 Å². The zero-order chi connectivity index (χ0) is 15.9. The Bertz CT molecular complexity index is 940. The molecular formula is C15H16N4O2S. The molecule has 0 aliphatic heterocycles. The Hall–Kier alpha value is -2.25. The van der Waals surface area contributed by atoms with E-state index in [-0.39, 0.29) is 0 Å². The molecule has 2 aromatic heterocycles. The number of rotatable bonds is 3. The van der Waals surface area contributed by atoms with Crippen molar-refractivity contribution in [2.75, 3.05) is 14.1 Å². The summed E-state index contributed by atoms with van der Waals surface area (Å²) in [7, 11) is -0.584. The summed E-state index contributed by atoms with van der Waals surface area (Å²) in [6.07, 6.45) is 3.25. The molecule has 3 rings (SSSR count). The van der Waals surface area contributed by atoms with Crippen molar-refractivity contribution >= 4 is 21.1 Å². The van der Waals surface area contributed by atoms with Gasteiger partial charge in [-0.1, -0.05) is 18.2 Å². The number of pyridine rings is 1. The van der Waals surface area contributed by atoms with Crippen molar-refractivity contribution < 1.29 is 8.42 Å². The second-order valence-electron chi connectivity index (χ2n) is 5.14. The first-order valence-electron chi connectivity index (χ1n) is 6.74. The van der Waals surface area contributed by atoms with Crippen LogP contribution in [-0.4, -0.2) is 40.8 Å². The molecule has 0 spiro atoms. The van der Waals surface area contributed by atoms with Crippen LogP contribution in [0.1, 0.15) is 5.82 Å². The Morgan fingerprint density at radius 2 is 1.86 bits per heavy atom. The first-order valence-corrected chi connectivity index (χ1v) is 8.14. The molecule has 3 aromatic rings. The zero-order valence-electron chi connectivity index (χ0n) is 12.6. The van der Waals surface area contributed by atoms with Crippen molar-refractivity contribution in [3.8, 4) is 11.3 Å². The van der Waals surface area contributed by atoms with Gasteiger partial charge >= 0.3 is 10.2 Å². The minimum absolute atomic E-state index is 0.421. The van der Waals surface area contributed by atoms with Gasteiger partial charge in [-0.2, -0.15) is 12.7 Å². The summed E-state index contributed by atoms with van der Waals surface area (Å²) in [4.78, 5) is 8.72. The SMILES string of the molecule is Cc1nc(-c2ccnc3ccccc23)cn1S(=O)(=O)N(C)C. The van der Waals surface area contributed by atoms with Gasteiger partial charge in [-0.05, 0) is 19.1 Å². The number of hydrogen-bond acceptors (Lipinski definition) is 4. The lowest BCUT2D eigenvalue weighted by Gasteiger charge is -2.12. The van der Waals surface area contributed by atoms with Crippen LogP contribution in [-0.2, 0) is 10.2 Å². The first kappa shape index (κ1) is 14.7. The molecule has 0 aliphatic carbocycles. The predicted octanol–water partition coefficient (Wildman–Crippen LogP) is 2.06. The number of imidazole rings is 1. The minimum Gasteiger partial charge on any atom is -0.256 e. The molecule has 0 amide bonds. The number of hydrogen-bond donors (Lipinski definition) is 0. The van der Waals surface area contributed by atoms with Crippen LogP contribution in [0.4, 0.5) is 0 Å². The highest BCUT2D eigenvalue weighted by atomic mass is 32.2. The van der Waals surface area contributed by atoms with Crippen LogP contribution in [0.5, 0.6) is 0 Å². The van der Waals surface area contributed by atoms with Gasteiger partial charge in [0.2, 0.25) is 0 Å². The Morgan fingerprint density at radius 1 is 1.14 bits per heavy atom. The third-order valence-electron chi connectivity index (χ3n) is 3.48. The molecule has 6 nitrogen and oxygen atoms in total. The maximum absolute atomic E-state index is 12.3. The Kier molecular flexibility index (Phi) is 3.46. The van der Waals surface area contributed by atoms with E-state index in [1.807, 2.05) is 30.3 Å². The largest absolute Gasteiger partial charge is 0.308 e. The highest BCUT2D eigenvalue weighted by molar-refractivity contribution is 7.87. The lowest BCUT2D eigenvalue weighted by molar-refractivity contribution is 0.509. The highest BCUT2D eigenvalue weighted by Gasteiger charge is 2.21. The van der Waals surface area contributed by atoms with Gasteiger partial charge in [-0.25, -0.2) is 8.96 Å². The fourth-order valence-electron chi connectivity index (χ4n) is 2.32. The van der Waals surface area contributed by atoms with Gasteiger partial charge < -0.3 is 0 Å². The number of nitrogens with zero attached hydrogens (tertiary/aromatic N) is 4. The first-order chi connectivity index (χ1) is 10.4. The number of para-hydroxylation sites is 1. The highest BCUT2D eigenvalue weighted by Crippen LogP contribution is 2.27. The maximum Gasteiger partial charge on any atom is 0.308 e. The standard InChI is InChI=1S/C15H16N4O2S/c1-11-17-15(10-19(11)22(20,21)18(2)3)13-8-9-16-14-7-5-4-6-12(13)14/h4-10H,1-3H3. The van der Waals surface area contributed by atoms with E-state index in [9.17, 15) is 8.42 Å². The van der Waals surface area contributed by atoms with E-state index >= 15 is 0 Å².